The lowest BCUT2D eigenvalue weighted by atomic mass is 10.1. The van der Waals surface area contributed by atoms with Crippen molar-refractivity contribution in [3.8, 4) is 0 Å². The predicted molar refractivity (Wildman–Crippen MR) is 67.5 cm³/mol. The van der Waals surface area contributed by atoms with Gasteiger partial charge in [-0.3, -0.25) is 0 Å². The monoisotopic (exact) mass is 281 g/mol. The Balaban J connectivity index is 1.85. The van der Waals surface area contributed by atoms with Crippen molar-refractivity contribution >= 4 is 17.0 Å². The number of rotatable bonds is 3. The number of aliphatic hydroxyl groups excluding tert-OH is 3. The highest BCUT2D eigenvalue weighted by Gasteiger charge is 2.42. The lowest BCUT2D eigenvalue weighted by Crippen LogP contribution is -2.35. The zero-order valence-electron chi connectivity index (χ0n) is 10.5. The van der Waals surface area contributed by atoms with Gasteiger partial charge in [0.25, 0.3) is 0 Å². The summed E-state index contributed by atoms with van der Waals surface area (Å²) < 4.78 is 7.07. The smallest absolute Gasteiger partial charge is 0.165 e. The molecule has 20 heavy (non-hydrogen) atoms. The summed E-state index contributed by atoms with van der Waals surface area (Å²) in [5.74, 6) is 0.273. The van der Waals surface area contributed by atoms with E-state index in [9.17, 15) is 10.2 Å². The lowest BCUT2D eigenvalue weighted by Gasteiger charge is -2.15. The van der Waals surface area contributed by atoms with Crippen molar-refractivity contribution in [3.63, 3.8) is 0 Å². The molecule has 108 valence electrons. The van der Waals surface area contributed by atoms with Crippen LogP contribution in [0.5, 0.6) is 0 Å². The molecular weight excluding hydrogens is 266 g/mol. The Kier molecular flexibility index (Phi) is 3.26. The maximum absolute atomic E-state index is 9.91. The van der Waals surface area contributed by atoms with E-state index in [2.05, 4.69) is 15.0 Å². The van der Waals surface area contributed by atoms with E-state index in [0.717, 1.165) is 0 Å². The molecule has 0 saturated carbocycles. The third kappa shape index (κ3) is 2.00. The number of imidazole rings is 1. The molecule has 9 heteroatoms. The fourth-order valence-electron chi connectivity index (χ4n) is 2.35. The van der Waals surface area contributed by atoms with Crippen LogP contribution in [0.2, 0.25) is 0 Å². The van der Waals surface area contributed by atoms with E-state index in [1.165, 1.54) is 12.7 Å². The van der Waals surface area contributed by atoms with E-state index < -0.39 is 24.4 Å². The number of anilines is 1. The molecule has 2 aromatic rings. The third-order valence-electron chi connectivity index (χ3n) is 3.45. The average molecular weight is 281 g/mol. The summed E-state index contributed by atoms with van der Waals surface area (Å²) in [5, 5.41) is 28.7. The molecule has 1 aliphatic rings. The first-order valence-electron chi connectivity index (χ1n) is 6.15. The molecule has 0 bridgehead atoms. The maximum atomic E-state index is 9.91. The lowest BCUT2D eigenvalue weighted by molar-refractivity contribution is -0.0262. The van der Waals surface area contributed by atoms with E-state index >= 15 is 0 Å². The highest BCUT2D eigenvalue weighted by molar-refractivity contribution is 5.81. The number of fused-ring (bicyclic) bond motifs is 1. The minimum Gasteiger partial charge on any atom is -0.394 e. The van der Waals surface area contributed by atoms with Crippen LogP contribution in [0, 0.1) is 0 Å². The molecule has 0 aliphatic carbocycles. The second kappa shape index (κ2) is 4.94. The fourth-order valence-corrected chi connectivity index (χ4v) is 2.35. The first-order chi connectivity index (χ1) is 9.61. The number of nitrogens with two attached hydrogens (primary N) is 1. The molecule has 1 aliphatic heterocycles. The van der Waals surface area contributed by atoms with Gasteiger partial charge in [0, 0.05) is 0 Å². The second-order valence-electron chi connectivity index (χ2n) is 4.70. The summed E-state index contributed by atoms with van der Waals surface area (Å²) in [6.45, 7) is -0.115. The van der Waals surface area contributed by atoms with Gasteiger partial charge in [-0.15, -0.1) is 0 Å². The van der Waals surface area contributed by atoms with E-state index in [4.69, 9.17) is 15.6 Å². The van der Waals surface area contributed by atoms with Crippen molar-refractivity contribution in [2.75, 3.05) is 12.3 Å². The standard InChI is InChI=1S/C11H15N5O4/c12-10-7-11(14-3-13-10)16(4-15-7)1-5-8(18)9(19)6(2-17)20-5/h3-6,8-9,17-19H,1-2H2,(H2,12,13,14)/t5-,6+,8-,9-/m1/s1. The quantitative estimate of drug-likeness (QED) is 0.501. The van der Waals surface area contributed by atoms with Crippen LogP contribution < -0.4 is 5.73 Å². The Bertz CT molecular complexity index is 618. The SMILES string of the molecule is Nc1ncnc2c1ncn2C[C@H]1O[C@@H](CO)[C@@H](O)[C@@H]1O. The molecule has 1 saturated heterocycles. The van der Waals surface area contributed by atoms with Gasteiger partial charge in [0.05, 0.1) is 19.5 Å². The predicted octanol–water partition coefficient (Wildman–Crippen LogP) is -2.11. The number of hydrogen-bond donors (Lipinski definition) is 4. The zero-order valence-corrected chi connectivity index (χ0v) is 10.5. The van der Waals surface area contributed by atoms with Crippen LogP contribution in [0.1, 0.15) is 0 Å². The van der Waals surface area contributed by atoms with E-state index in [1.807, 2.05) is 0 Å². The first-order valence-corrected chi connectivity index (χ1v) is 6.15. The molecule has 9 nitrogen and oxygen atoms in total. The van der Waals surface area contributed by atoms with Crippen LogP contribution >= 0.6 is 0 Å². The number of aromatic nitrogens is 4. The van der Waals surface area contributed by atoms with Gasteiger partial charge in [0.1, 0.15) is 36.3 Å². The molecule has 0 spiro atoms. The van der Waals surface area contributed by atoms with Gasteiger partial charge in [0.2, 0.25) is 0 Å². The molecule has 2 aromatic heterocycles. The number of hydrogen-bond acceptors (Lipinski definition) is 8. The number of aliphatic hydroxyl groups is 3. The van der Waals surface area contributed by atoms with Gasteiger partial charge in [-0.1, -0.05) is 0 Å². The minimum atomic E-state index is -1.11. The van der Waals surface area contributed by atoms with Gasteiger partial charge < -0.3 is 30.4 Å². The normalized spacial score (nSPS) is 30.1. The topological polar surface area (TPSA) is 140 Å². The number of nitrogen functional groups attached to an aromatic ring is 1. The van der Waals surface area contributed by atoms with Gasteiger partial charge >= 0.3 is 0 Å². The number of ether oxygens (including phenoxy) is 1. The van der Waals surface area contributed by atoms with E-state index in [1.54, 1.807) is 4.57 Å². The molecular formula is C11H15N5O4. The highest BCUT2D eigenvalue weighted by atomic mass is 16.6. The van der Waals surface area contributed by atoms with Crippen LogP contribution in [-0.4, -0.2) is 65.9 Å². The fraction of sp³-hybridized carbons (Fsp3) is 0.545. The third-order valence-corrected chi connectivity index (χ3v) is 3.45. The molecule has 3 rings (SSSR count). The molecule has 4 atom stereocenters. The Labute approximate surface area is 113 Å². The van der Waals surface area contributed by atoms with Crippen LogP contribution in [-0.2, 0) is 11.3 Å². The average Bonchev–Trinajstić information content (AvgIpc) is 2.97. The molecule has 5 N–H and O–H groups in total. The van der Waals surface area contributed by atoms with Gasteiger partial charge in [-0.05, 0) is 0 Å². The van der Waals surface area contributed by atoms with Crippen LogP contribution in [0.25, 0.3) is 11.2 Å². The minimum absolute atomic E-state index is 0.238. The molecule has 0 amide bonds. The summed E-state index contributed by atoms with van der Waals surface area (Å²) in [6, 6.07) is 0. The largest absolute Gasteiger partial charge is 0.394 e. The van der Waals surface area contributed by atoms with Crippen LogP contribution in [0.15, 0.2) is 12.7 Å². The Hall–Kier alpha value is -1.81. The summed E-state index contributed by atoms with van der Waals surface area (Å²) in [4.78, 5) is 12.0. The molecule has 0 radical (unpaired) electrons. The summed E-state index contributed by atoms with van der Waals surface area (Å²) in [5.41, 5.74) is 6.68. The van der Waals surface area contributed by atoms with Crippen molar-refractivity contribution in [3.05, 3.63) is 12.7 Å². The van der Waals surface area contributed by atoms with E-state index in [0.29, 0.717) is 11.2 Å². The van der Waals surface area contributed by atoms with Gasteiger partial charge in [0.15, 0.2) is 11.5 Å². The highest BCUT2D eigenvalue weighted by Crippen LogP contribution is 2.24. The molecule has 0 aromatic carbocycles. The van der Waals surface area contributed by atoms with Crippen molar-refractivity contribution in [2.24, 2.45) is 0 Å². The van der Waals surface area contributed by atoms with Gasteiger partial charge in [-0.25, -0.2) is 15.0 Å². The summed E-state index contributed by atoms with van der Waals surface area (Å²) in [7, 11) is 0. The maximum Gasteiger partial charge on any atom is 0.165 e. The van der Waals surface area contributed by atoms with Gasteiger partial charge in [-0.2, -0.15) is 0 Å². The van der Waals surface area contributed by atoms with Crippen molar-refractivity contribution < 1.29 is 20.1 Å². The number of nitrogens with zero attached hydrogens (tertiary/aromatic N) is 4. The molecule has 0 unspecified atom stereocenters. The van der Waals surface area contributed by atoms with Crippen LogP contribution in [0.4, 0.5) is 5.82 Å². The van der Waals surface area contributed by atoms with Crippen molar-refractivity contribution in [2.45, 2.75) is 31.0 Å². The van der Waals surface area contributed by atoms with Crippen molar-refractivity contribution in [1.29, 1.82) is 0 Å². The molecule has 3 heterocycles. The molecule has 1 fully saturated rings. The Morgan fingerprint density at radius 3 is 2.65 bits per heavy atom. The Morgan fingerprint density at radius 2 is 1.95 bits per heavy atom. The second-order valence-corrected chi connectivity index (χ2v) is 4.70. The zero-order chi connectivity index (χ0) is 14.3. The Morgan fingerprint density at radius 1 is 1.20 bits per heavy atom. The first kappa shape index (κ1) is 13.2. The summed E-state index contributed by atoms with van der Waals surface area (Å²) >= 11 is 0. The van der Waals surface area contributed by atoms with Crippen LogP contribution in [0.3, 0.4) is 0 Å². The summed E-state index contributed by atoms with van der Waals surface area (Å²) in [6.07, 6.45) is -0.791. The van der Waals surface area contributed by atoms with Crippen molar-refractivity contribution in [1.82, 2.24) is 19.5 Å². The van der Waals surface area contributed by atoms with E-state index in [-0.39, 0.29) is 19.0 Å².